The van der Waals surface area contributed by atoms with E-state index < -0.39 is 0 Å². The molecule has 1 fully saturated rings. The van der Waals surface area contributed by atoms with Crippen molar-refractivity contribution >= 4 is 23.6 Å². The second-order valence-electron chi connectivity index (χ2n) is 7.18. The number of rotatable bonds is 4. The van der Waals surface area contributed by atoms with Crippen LogP contribution < -0.4 is 15.0 Å². The van der Waals surface area contributed by atoms with E-state index in [1.165, 1.54) is 16.8 Å². The molecule has 2 aromatic rings. The normalized spacial score (nSPS) is 18.5. The van der Waals surface area contributed by atoms with Gasteiger partial charge < -0.3 is 15.0 Å². The molecule has 0 bridgehead atoms. The minimum absolute atomic E-state index is 0.0269. The Bertz CT molecular complexity index is 797. The van der Waals surface area contributed by atoms with E-state index in [-0.39, 0.29) is 5.41 Å². The van der Waals surface area contributed by atoms with Gasteiger partial charge in [-0.05, 0) is 55.3 Å². The molecular weight excluding hydrogens is 346 g/mol. The number of piperidine rings is 1. The lowest BCUT2D eigenvalue weighted by molar-refractivity contribution is 0.176. The third kappa shape index (κ3) is 3.44. The van der Waals surface area contributed by atoms with Crippen molar-refractivity contribution in [1.29, 1.82) is 0 Å². The number of nitrogens with zero attached hydrogens (tertiary/aromatic N) is 2. The first-order valence-electron chi connectivity index (χ1n) is 9.12. The quantitative estimate of drug-likeness (QED) is 0.884. The molecule has 2 heterocycles. The molecule has 5 heteroatoms. The molecule has 1 N–H and O–H groups in total. The molecule has 0 atom stereocenters. The fourth-order valence-electron chi connectivity index (χ4n) is 3.87. The van der Waals surface area contributed by atoms with Crippen LogP contribution in [0.4, 0.5) is 5.69 Å². The zero-order chi connectivity index (χ0) is 18.0. The van der Waals surface area contributed by atoms with Gasteiger partial charge in [-0.2, -0.15) is 0 Å². The minimum Gasteiger partial charge on any atom is -0.493 e. The van der Waals surface area contributed by atoms with Crippen molar-refractivity contribution in [3.63, 3.8) is 0 Å². The maximum absolute atomic E-state index is 6.32. The summed E-state index contributed by atoms with van der Waals surface area (Å²) in [5.41, 5.74) is 3.74. The maximum atomic E-state index is 6.32. The highest BCUT2D eigenvalue weighted by molar-refractivity contribution is 6.30. The van der Waals surface area contributed by atoms with Crippen LogP contribution in [0.5, 0.6) is 5.75 Å². The van der Waals surface area contributed by atoms with Crippen molar-refractivity contribution in [2.45, 2.75) is 24.8 Å². The van der Waals surface area contributed by atoms with Gasteiger partial charge in [-0.25, -0.2) is 0 Å². The smallest absolute Gasteiger partial charge is 0.121 e. The molecule has 2 aliphatic heterocycles. The van der Waals surface area contributed by atoms with Gasteiger partial charge in [0.05, 0.1) is 25.2 Å². The van der Waals surface area contributed by atoms with Crippen LogP contribution in [0, 0.1) is 0 Å². The molecule has 2 aliphatic rings. The molecule has 0 saturated carbocycles. The molecule has 0 radical (unpaired) electrons. The van der Waals surface area contributed by atoms with E-state index in [9.17, 15) is 0 Å². The summed E-state index contributed by atoms with van der Waals surface area (Å²) in [4.78, 5) is 6.40. The van der Waals surface area contributed by atoms with Gasteiger partial charge >= 0.3 is 0 Å². The molecule has 0 aromatic heterocycles. The van der Waals surface area contributed by atoms with Crippen molar-refractivity contribution in [3.05, 3.63) is 58.6 Å². The highest BCUT2D eigenvalue weighted by Gasteiger charge is 2.35. The fraction of sp³-hybridized carbons (Fsp3) is 0.381. The molecule has 26 heavy (non-hydrogen) atoms. The van der Waals surface area contributed by atoms with E-state index in [0.29, 0.717) is 6.61 Å². The van der Waals surface area contributed by atoms with Crippen molar-refractivity contribution in [2.24, 2.45) is 4.99 Å². The Hall–Kier alpha value is -2.04. The summed E-state index contributed by atoms with van der Waals surface area (Å²) in [7, 11) is 2.02. The van der Waals surface area contributed by atoms with Crippen LogP contribution in [-0.2, 0) is 12.0 Å². The van der Waals surface area contributed by atoms with Gasteiger partial charge in [0, 0.05) is 23.6 Å². The van der Waals surface area contributed by atoms with Gasteiger partial charge in [-0.3, -0.25) is 4.99 Å². The predicted octanol–water partition coefficient (Wildman–Crippen LogP) is 4.02. The lowest BCUT2D eigenvalue weighted by Crippen LogP contribution is -2.43. The number of aliphatic imine (C=N–C) groups is 1. The lowest BCUT2D eigenvalue weighted by Gasteiger charge is -2.38. The number of hydrogen-bond acceptors (Lipinski definition) is 4. The van der Waals surface area contributed by atoms with E-state index in [0.717, 1.165) is 43.2 Å². The van der Waals surface area contributed by atoms with Crippen LogP contribution >= 0.6 is 11.6 Å². The van der Waals surface area contributed by atoms with Gasteiger partial charge in [-0.15, -0.1) is 0 Å². The Balaban J connectivity index is 1.56. The summed E-state index contributed by atoms with van der Waals surface area (Å²) in [6, 6.07) is 14.6. The van der Waals surface area contributed by atoms with E-state index in [1.54, 1.807) is 0 Å². The summed E-state index contributed by atoms with van der Waals surface area (Å²) in [5.74, 6) is 0.915. The fourth-order valence-corrected chi connectivity index (χ4v) is 3.99. The van der Waals surface area contributed by atoms with Crippen molar-refractivity contribution in [1.82, 2.24) is 5.32 Å². The summed E-state index contributed by atoms with van der Waals surface area (Å²) in [6.45, 7) is 3.43. The summed E-state index contributed by atoms with van der Waals surface area (Å²) < 4.78 is 6.32. The minimum atomic E-state index is 0.0269. The van der Waals surface area contributed by atoms with Gasteiger partial charge in [0.15, 0.2) is 0 Å². The average molecular weight is 370 g/mol. The first kappa shape index (κ1) is 17.4. The number of nitrogens with one attached hydrogen (secondary N) is 1. The second kappa shape index (κ2) is 7.29. The van der Waals surface area contributed by atoms with E-state index in [4.69, 9.17) is 16.3 Å². The van der Waals surface area contributed by atoms with Crippen molar-refractivity contribution < 1.29 is 4.74 Å². The van der Waals surface area contributed by atoms with Crippen LogP contribution in [0.15, 0.2) is 47.5 Å². The zero-order valence-corrected chi connectivity index (χ0v) is 15.8. The third-order valence-electron chi connectivity index (χ3n) is 5.49. The summed E-state index contributed by atoms with van der Waals surface area (Å²) in [5, 5.41) is 4.24. The monoisotopic (exact) mass is 369 g/mol. The first-order chi connectivity index (χ1) is 12.7. The highest BCUT2D eigenvalue weighted by Crippen LogP contribution is 2.36. The average Bonchev–Trinajstić information content (AvgIpc) is 2.68. The number of fused-ring (bicyclic) bond motifs is 1. The standard InChI is InChI=1S/C21H24ClN3O/c1-25-15-24-13-16-2-7-19(12-20(16)25)26-14-21(8-10-23-11-9-21)17-3-5-18(22)6-4-17/h2-7,12,15,23H,8-11,13-14H2,1H3. The predicted molar refractivity (Wildman–Crippen MR) is 108 cm³/mol. The van der Waals surface area contributed by atoms with Crippen LogP contribution in [0.3, 0.4) is 0 Å². The van der Waals surface area contributed by atoms with E-state index in [1.807, 2.05) is 30.4 Å². The van der Waals surface area contributed by atoms with Crippen LogP contribution in [-0.4, -0.2) is 33.1 Å². The third-order valence-corrected chi connectivity index (χ3v) is 5.74. The second-order valence-corrected chi connectivity index (χ2v) is 7.62. The summed E-state index contributed by atoms with van der Waals surface area (Å²) >= 11 is 6.09. The molecule has 2 aromatic carbocycles. The molecule has 1 saturated heterocycles. The summed E-state index contributed by atoms with van der Waals surface area (Å²) in [6.07, 6.45) is 3.99. The number of ether oxygens (including phenoxy) is 1. The van der Waals surface area contributed by atoms with Crippen molar-refractivity contribution in [3.8, 4) is 5.75 Å². The Labute approximate surface area is 159 Å². The maximum Gasteiger partial charge on any atom is 0.121 e. The Morgan fingerprint density at radius 3 is 2.69 bits per heavy atom. The van der Waals surface area contributed by atoms with E-state index >= 15 is 0 Å². The number of benzene rings is 2. The SMILES string of the molecule is CN1C=NCc2ccc(OCC3(c4ccc(Cl)cc4)CCNCC3)cc21. The molecule has 0 spiro atoms. The molecule has 0 aliphatic carbocycles. The van der Waals surface area contributed by atoms with Gasteiger partial charge in [0.2, 0.25) is 0 Å². The lowest BCUT2D eigenvalue weighted by atomic mass is 9.74. The number of halogens is 1. The first-order valence-corrected chi connectivity index (χ1v) is 9.49. The molecule has 4 nitrogen and oxygen atoms in total. The molecular formula is C21H24ClN3O. The Morgan fingerprint density at radius 1 is 1.15 bits per heavy atom. The molecule has 0 unspecified atom stereocenters. The topological polar surface area (TPSA) is 36.9 Å². The van der Waals surface area contributed by atoms with Crippen LogP contribution in [0.1, 0.15) is 24.0 Å². The van der Waals surface area contributed by atoms with Crippen LogP contribution in [0.25, 0.3) is 0 Å². The van der Waals surface area contributed by atoms with Crippen molar-refractivity contribution in [2.75, 3.05) is 31.6 Å². The van der Waals surface area contributed by atoms with Gasteiger partial charge in [0.1, 0.15) is 5.75 Å². The van der Waals surface area contributed by atoms with Gasteiger partial charge in [-0.1, -0.05) is 29.8 Å². The zero-order valence-electron chi connectivity index (χ0n) is 15.0. The van der Waals surface area contributed by atoms with E-state index in [2.05, 4.69) is 40.6 Å². The largest absolute Gasteiger partial charge is 0.493 e. The molecule has 136 valence electrons. The molecule has 0 amide bonds. The van der Waals surface area contributed by atoms with Crippen LogP contribution in [0.2, 0.25) is 5.02 Å². The number of hydrogen-bond donors (Lipinski definition) is 1. The Morgan fingerprint density at radius 2 is 1.92 bits per heavy atom. The Kier molecular flexibility index (Phi) is 4.88. The highest BCUT2D eigenvalue weighted by atomic mass is 35.5. The van der Waals surface area contributed by atoms with Gasteiger partial charge in [0.25, 0.3) is 0 Å². The molecule has 4 rings (SSSR count). The number of anilines is 1.